The first-order valence-electron chi connectivity index (χ1n) is 7.11. The van der Waals surface area contributed by atoms with Gasteiger partial charge < -0.3 is 14.7 Å². The standard InChI is InChI=1S/C17H14BrNO4/c18-12-7-4-8-13-16(12)23-15(11-5-2-1-3-6-11)17(22)19(13)10-9-14(20)21/h1-8,15H,9-10H2,(H,20,21). The van der Waals surface area contributed by atoms with Crippen LogP contribution in [0.1, 0.15) is 18.1 Å². The number of benzene rings is 2. The molecule has 0 aliphatic carbocycles. The number of rotatable bonds is 4. The molecule has 0 spiro atoms. The van der Waals surface area contributed by atoms with E-state index >= 15 is 0 Å². The summed E-state index contributed by atoms with van der Waals surface area (Å²) in [5, 5.41) is 8.94. The van der Waals surface area contributed by atoms with Crippen molar-refractivity contribution in [3.05, 3.63) is 58.6 Å². The number of aliphatic carboxylic acids is 1. The lowest BCUT2D eigenvalue weighted by atomic mass is 10.1. The molecular formula is C17H14BrNO4. The van der Waals surface area contributed by atoms with E-state index in [2.05, 4.69) is 15.9 Å². The Labute approximate surface area is 141 Å². The third-order valence-electron chi connectivity index (χ3n) is 3.61. The smallest absolute Gasteiger partial charge is 0.305 e. The summed E-state index contributed by atoms with van der Waals surface area (Å²) in [7, 11) is 0. The van der Waals surface area contributed by atoms with Crippen LogP contribution in [0.25, 0.3) is 0 Å². The van der Waals surface area contributed by atoms with Gasteiger partial charge in [-0.25, -0.2) is 0 Å². The molecule has 5 nitrogen and oxygen atoms in total. The zero-order chi connectivity index (χ0) is 16.4. The number of anilines is 1. The molecule has 2 aromatic rings. The van der Waals surface area contributed by atoms with Crippen molar-refractivity contribution < 1.29 is 19.4 Å². The summed E-state index contributed by atoms with van der Waals surface area (Å²) in [6.07, 6.45) is -0.907. The van der Waals surface area contributed by atoms with Crippen LogP contribution in [0.5, 0.6) is 5.75 Å². The molecule has 1 amide bonds. The number of carbonyl (C=O) groups is 2. The van der Waals surface area contributed by atoms with Gasteiger partial charge in [-0.3, -0.25) is 9.59 Å². The van der Waals surface area contributed by atoms with Gasteiger partial charge in [-0.1, -0.05) is 36.4 Å². The fourth-order valence-electron chi connectivity index (χ4n) is 2.53. The first-order chi connectivity index (χ1) is 11.1. The first-order valence-corrected chi connectivity index (χ1v) is 7.90. The second-order valence-electron chi connectivity index (χ2n) is 5.13. The van der Waals surface area contributed by atoms with Crippen molar-refractivity contribution >= 4 is 33.5 Å². The Bertz CT molecular complexity index is 748. The van der Waals surface area contributed by atoms with Crippen LogP contribution in [0.15, 0.2) is 53.0 Å². The first kappa shape index (κ1) is 15.6. The van der Waals surface area contributed by atoms with Crippen LogP contribution < -0.4 is 9.64 Å². The van der Waals surface area contributed by atoms with E-state index in [-0.39, 0.29) is 18.9 Å². The zero-order valence-electron chi connectivity index (χ0n) is 12.1. The fraction of sp³-hybridized carbons (Fsp3) is 0.176. The Morgan fingerprint density at radius 2 is 1.91 bits per heavy atom. The number of carboxylic acid groups (broad SMARTS) is 1. The summed E-state index contributed by atoms with van der Waals surface area (Å²) < 4.78 is 6.64. The molecule has 0 bridgehead atoms. The van der Waals surface area contributed by atoms with E-state index in [1.807, 2.05) is 36.4 Å². The van der Waals surface area contributed by atoms with Crippen LogP contribution in [-0.4, -0.2) is 23.5 Å². The quantitative estimate of drug-likeness (QED) is 0.889. The van der Waals surface area contributed by atoms with Crippen LogP contribution >= 0.6 is 15.9 Å². The average Bonchev–Trinajstić information content (AvgIpc) is 2.54. The lowest BCUT2D eigenvalue weighted by molar-refractivity contribution is -0.136. The Morgan fingerprint density at radius 1 is 1.17 bits per heavy atom. The molecule has 1 aliphatic rings. The van der Waals surface area contributed by atoms with E-state index < -0.39 is 12.1 Å². The number of halogens is 1. The Kier molecular flexibility index (Phi) is 4.34. The molecule has 6 heteroatoms. The van der Waals surface area contributed by atoms with Crippen LogP contribution in [0, 0.1) is 0 Å². The molecule has 0 saturated carbocycles. The maximum absolute atomic E-state index is 12.8. The van der Waals surface area contributed by atoms with E-state index in [1.54, 1.807) is 12.1 Å². The van der Waals surface area contributed by atoms with Gasteiger partial charge in [-0.2, -0.15) is 0 Å². The van der Waals surface area contributed by atoms with Gasteiger partial charge in [0.05, 0.1) is 16.6 Å². The van der Waals surface area contributed by atoms with E-state index in [1.165, 1.54) is 4.90 Å². The third-order valence-corrected chi connectivity index (χ3v) is 4.24. The second kappa shape index (κ2) is 6.42. The van der Waals surface area contributed by atoms with Crippen molar-refractivity contribution in [1.82, 2.24) is 0 Å². The number of ether oxygens (including phenoxy) is 1. The van der Waals surface area contributed by atoms with Crippen molar-refractivity contribution in [2.24, 2.45) is 0 Å². The van der Waals surface area contributed by atoms with Crippen LogP contribution in [0.3, 0.4) is 0 Å². The number of para-hydroxylation sites is 1. The molecule has 0 fully saturated rings. The summed E-state index contributed by atoms with van der Waals surface area (Å²) in [5.74, 6) is -0.661. The molecule has 3 rings (SSSR count). The van der Waals surface area contributed by atoms with E-state index in [9.17, 15) is 9.59 Å². The van der Waals surface area contributed by atoms with Gasteiger partial charge in [0.15, 0.2) is 5.75 Å². The minimum atomic E-state index is -0.947. The molecule has 1 atom stereocenters. The maximum atomic E-state index is 12.8. The number of amides is 1. The van der Waals surface area contributed by atoms with Gasteiger partial charge >= 0.3 is 5.97 Å². The number of carbonyl (C=O) groups excluding carboxylic acids is 1. The molecule has 1 aliphatic heterocycles. The molecule has 1 heterocycles. The van der Waals surface area contributed by atoms with Crippen molar-refractivity contribution in [3.8, 4) is 5.75 Å². The minimum Gasteiger partial charge on any atom is -0.481 e. The molecule has 0 saturated heterocycles. The number of nitrogens with zero attached hydrogens (tertiary/aromatic N) is 1. The number of hydrogen-bond donors (Lipinski definition) is 1. The largest absolute Gasteiger partial charge is 0.481 e. The summed E-state index contributed by atoms with van der Waals surface area (Å²) in [4.78, 5) is 25.2. The molecule has 2 aromatic carbocycles. The maximum Gasteiger partial charge on any atom is 0.305 e. The van der Waals surface area contributed by atoms with E-state index in [0.717, 1.165) is 10.0 Å². The summed E-state index contributed by atoms with van der Waals surface area (Å²) in [6, 6.07) is 14.5. The van der Waals surface area contributed by atoms with E-state index in [0.29, 0.717) is 11.4 Å². The lowest BCUT2D eigenvalue weighted by Gasteiger charge is -2.34. The second-order valence-corrected chi connectivity index (χ2v) is 5.98. The predicted molar refractivity (Wildman–Crippen MR) is 88.6 cm³/mol. The summed E-state index contributed by atoms with van der Waals surface area (Å²) in [5.41, 5.74) is 1.32. The zero-order valence-corrected chi connectivity index (χ0v) is 13.7. The molecule has 1 N–H and O–H groups in total. The Balaban J connectivity index is 2.02. The molecule has 23 heavy (non-hydrogen) atoms. The molecule has 0 aromatic heterocycles. The molecule has 0 radical (unpaired) electrons. The van der Waals surface area contributed by atoms with Crippen molar-refractivity contribution in [2.75, 3.05) is 11.4 Å². The summed E-state index contributed by atoms with van der Waals surface area (Å²) >= 11 is 3.43. The average molecular weight is 376 g/mol. The highest BCUT2D eigenvalue weighted by Gasteiger charge is 2.36. The monoisotopic (exact) mass is 375 g/mol. The van der Waals surface area contributed by atoms with Crippen molar-refractivity contribution in [1.29, 1.82) is 0 Å². The van der Waals surface area contributed by atoms with Gasteiger partial charge in [0.1, 0.15) is 0 Å². The van der Waals surface area contributed by atoms with Gasteiger partial charge in [0, 0.05) is 12.1 Å². The number of fused-ring (bicyclic) bond motifs is 1. The lowest BCUT2D eigenvalue weighted by Crippen LogP contribution is -2.42. The number of carboxylic acids is 1. The van der Waals surface area contributed by atoms with Crippen LogP contribution in [-0.2, 0) is 9.59 Å². The molecule has 118 valence electrons. The van der Waals surface area contributed by atoms with Crippen LogP contribution in [0.2, 0.25) is 0 Å². The van der Waals surface area contributed by atoms with Crippen LogP contribution in [0.4, 0.5) is 5.69 Å². The predicted octanol–water partition coefficient (Wildman–Crippen LogP) is 3.39. The van der Waals surface area contributed by atoms with Gasteiger partial charge in [-0.15, -0.1) is 0 Å². The summed E-state index contributed by atoms with van der Waals surface area (Å²) in [6.45, 7) is 0.102. The van der Waals surface area contributed by atoms with Gasteiger partial charge in [0.25, 0.3) is 5.91 Å². The highest BCUT2D eigenvalue weighted by Crippen LogP contribution is 2.43. The highest BCUT2D eigenvalue weighted by molar-refractivity contribution is 9.10. The Morgan fingerprint density at radius 3 is 2.61 bits per heavy atom. The highest BCUT2D eigenvalue weighted by atomic mass is 79.9. The third kappa shape index (κ3) is 3.07. The molecule has 1 unspecified atom stereocenters. The van der Waals surface area contributed by atoms with Gasteiger partial charge in [0.2, 0.25) is 6.10 Å². The van der Waals surface area contributed by atoms with Crippen molar-refractivity contribution in [3.63, 3.8) is 0 Å². The fourth-order valence-corrected chi connectivity index (χ4v) is 2.98. The minimum absolute atomic E-state index is 0.102. The Hall–Kier alpha value is -2.34. The number of hydrogen-bond acceptors (Lipinski definition) is 3. The molecular weight excluding hydrogens is 362 g/mol. The topological polar surface area (TPSA) is 66.8 Å². The van der Waals surface area contributed by atoms with E-state index in [4.69, 9.17) is 9.84 Å². The SMILES string of the molecule is O=C(O)CCN1C(=O)C(c2ccccc2)Oc2c(Br)cccc21. The normalized spacial score (nSPS) is 16.7. The van der Waals surface area contributed by atoms with Gasteiger partial charge in [-0.05, 0) is 28.1 Å². The van der Waals surface area contributed by atoms with Crippen molar-refractivity contribution in [2.45, 2.75) is 12.5 Å².